The fourth-order valence-electron chi connectivity index (χ4n) is 4.43. The molecule has 0 spiro atoms. The molecule has 0 radical (unpaired) electrons. The van der Waals surface area contributed by atoms with Gasteiger partial charge in [-0.05, 0) is 49.9 Å². The topological polar surface area (TPSA) is 87.0 Å². The average molecular weight is 478 g/mol. The molecule has 0 saturated heterocycles. The Morgan fingerprint density at radius 1 is 1.09 bits per heavy atom. The third kappa shape index (κ3) is 5.19. The monoisotopic (exact) mass is 477 g/mol. The van der Waals surface area contributed by atoms with Gasteiger partial charge in [-0.1, -0.05) is 30.3 Å². The van der Waals surface area contributed by atoms with Crippen LogP contribution in [-0.4, -0.2) is 28.4 Å². The van der Waals surface area contributed by atoms with Gasteiger partial charge in [0.15, 0.2) is 5.75 Å². The quantitative estimate of drug-likeness (QED) is 0.487. The number of ether oxygens (including phenoxy) is 3. The second-order valence-electron chi connectivity index (χ2n) is 8.96. The van der Waals surface area contributed by atoms with Gasteiger partial charge in [-0.3, -0.25) is 9.59 Å². The molecule has 1 aliphatic heterocycles. The second kappa shape index (κ2) is 10.3. The highest BCUT2D eigenvalue weighted by Crippen LogP contribution is 2.42. The first kappa shape index (κ1) is 24.4. The van der Waals surface area contributed by atoms with Crippen LogP contribution < -0.4 is 14.9 Å². The van der Waals surface area contributed by atoms with Crippen molar-refractivity contribution >= 4 is 5.97 Å². The lowest BCUT2D eigenvalue weighted by Crippen LogP contribution is -2.22. The maximum atomic E-state index is 12.5. The molecule has 7 nitrogen and oxygen atoms in total. The van der Waals surface area contributed by atoms with Gasteiger partial charge < -0.3 is 23.9 Å². The molecule has 0 fully saturated rings. The number of benzene rings is 2. The number of phenols is 1. The van der Waals surface area contributed by atoms with Crippen LogP contribution in [0.5, 0.6) is 17.2 Å². The minimum Gasteiger partial charge on any atom is -0.507 e. The number of hydrogen-bond acceptors (Lipinski definition) is 6. The standard InChI is InChI=1S/C28H31NO6/c1-17-18(2)27-23(19(3)26(17)32)14-22(35-27)15-25(31)33-13-12-29-11-10-24(30)28(20(29)4)34-16-21-8-6-5-7-9-21/h5-11,22,32H,12-16H2,1-4H3. The summed E-state index contributed by atoms with van der Waals surface area (Å²) in [6.07, 6.45) is 2.05. The Labute approximate surface area is 204 Å². The maximum absolute atomic E-state index is 12.5. The van der Waals surface area contributed by atoms with Crippen LogP contribution in [0.25, 0.3) is 0 Å². The first-order valence-corrected chi connectivity index (χ1v) is 11.8. The van der Waals surface area contributed by atoms with Crippen molar-refractivity contribution < 1.29 is 24.1 Å². The van der Waals surface area contributed by atoms with Crippen LogP contribution >= 0.6 is 0 Å². The molecule has 1 unspecified atom stereocenters. The van der Waals surface area contributed by atoms with Gasteiger partial charge >= 0.3 is 5.97 Å². The van der Waals surface area contributed by atoms with Gasteiger partial charge in [0.2, 0.25) is 5.43 Å². The zero-order chi connectivity index (χ0) is 25.1. The van der Waals surface area contributed by atoms with E-state index in [2.05, 4.69) is 0 Å². The molecular formula is C28H31NO6. The molecule has 1 atom stereocenters. The molecule has 184 valence electrons. The van der Waals surface area contributed by atoms with Crippen LogP contribution in [0.3, 0.4) is 0 Å². The Morgan fingerprint density at radius 3 is 2.57 bits per heavy atom. The number of rotatable bonds is 8. The van der Waals surface area contributed by atoms with Crippen molar-refractivity contribution in [3.8, 4) is 17.2 Å². The zero-order valence-electron chi connectivity index (χ0n) is 20.6. The van der Waals surface area contributed by atoms with Crippen molar-refractivity contribution in [2.75, 3.05) is 6.61 Å². The lowest BCUT2D eigenvalue weighted by Gasteiger charge is -2.16. The number of hydrogen-bond donors (Lipinski definition) is 1. The summed E-state index contributed by atoms with van der Waals surface area (Å²) in [7, 11) is 0. The number of esters is 1. The van der Waals surface area contributed by atoms with Crippen LogP contribution in [0.15, 0.2) is 47.4 Å². The molecule has 1 aromatic heterocycles. The summed E-state index contributed by atoms with van der Waals surface area (Å²) in [4.78, 5) is 24.8. The third-order valence-corrected chi connectivity index (χ3v) is 6.66. The molecule has 35 heavy (non-hydrogen) atoms. The highest BCUT2D eigenvalue weighted by atomic mass is 16.5. The SMILES string of the molecule is Cc1c(C)c2c(c(C)c1O)CC(CC(=O)OCCn1ccc(=O)c(OCc3ccccc3)c1C)O2. The fourth-order valence-corrected chi connectivity index (χ4v) is 4.43. The molecule has 3 aromatic rings. The van der Waals surface area contributed by atoms with E-state index in [4.69, 9.17) is 14.2 Å². The Hall–Kier alpha value is -3.74. The van der Waals surface area contributed by atoms with Gasteiger partial charge in [0.1, 0.15) is 30.8 Å². The highest BCUT2D eigenvalue weighted by Gasteiger charge is 2.30. The second-order valence-corrected chi connectivity index (χ2v) is 8.96. The minimum atomic E-state index is -0.349. The summed E-state index contributed by atoms with van der Waals surface area (Å²) >= 11 is 0. The number of phenolic OH excluding ortho intramolecular Hbond substituents is 1. The molecule has 1 aliphatic rings. The van der Waals surface area contributed by atoms with Crippen LogP contribution in [0.1, 0.15) is 39.9 Å². The van der Waals surface area contributed by atoms with Crippen LogP contribution in [0, 0.1) is 27.7 Å². The van der Waals surface area contributed by atoms with Crippen LogP contribution in [0.2, 0.25) is 0 Å². The molecule has 1 N–H and O–H groups in total. The summed E-state index contributed by atoms with van der Waals surface area (Å²) in [5.41, 5.74) is 4.93. The van der Waals surface area contributed by atoms with Gasteiger partial charge in [0.05, 0.1) is 18.7 Å². The zero-order valence-corrected chi connectivity index (χ0v) is 20.6. The molecule has 0 saturated carbocycles. The van der Waals surface area contributed by atoms with E-state index < -0.39 is 0 Å². The van der Waals surface area contributed by atoms with Crippen molar-refractivity contribution in [2.45, 2.75) is 59.8 Å². The number of aromatic hydroxyl groups is 1. The van der Waals surface area contributed by atoms with E-state index in [0.29, 0.717) is 31.0 Å². The number of carbonyl (C=O) groups is 1. The molecule has 7 heteroatoms. The largest absolute Gasteiger partial charge is 0.507 e. The fraction of sp³-hybridized carbons (Fsp3) is 0.357. The van der Waals surface area contributed by atoms with E-state index in [1.54, 1.807) is 6.20 Å². The van der Waals surface area contributed by atoms with Crippen LogP contribution in [-0.2, 0) is 29.1 Å². The summed E-state index contributed by atoms with van der Waals surface area (Å²) in [6.45, 7) is 8.33. The molecule has 0 bridgehead atoms. The minimum absolute atomic E-state index is 0.127. The van der Waals surface area contributed by atoms with E-state index in [1.165, 1.54) is 6.07 Å². The van der Waals surface area contributed by atoms with E-state index >= 15 is 0 Å². The summed E-state index contributed by atoms with van der Waals surface area (Å²) in [6, 6.07) is 11.1. The smallest absolute Gasteiger partial charge is 0.309 e. The predicted octanol–water partition coefficient (Wildman–Crippen LogP) is 4.30. The Morgan fingerprint density at radius 2 is 1.83 bits per heavy atom. The molecule has 0 amide bonds. The van der Waals surface area contributed by atoms with Crippen molar-refractivity contribution in [1.82, 2.24) is 4.57 Å². The van der Waals surface area contributed by atoms with Crippen molar-refractivity contribution in [2.24, 2.45) is 0 Å². The van der Waals surface area contributed by atoms with Crippen molar-refractivity contribution in [3.63, 3.8) is 0 Å². The van der Waals surface area contributed by atoms with Gasteiger partial charge in [-0.2, -0.15) is 0 Å². The molecule has 4 rings (SSSR count). The predicted molar refractivity (Wildman–Crippen MR) is 132 cm³/mol. The van der Waals surface area contributed by atoms with Crippen molar-refractivity contribution in [1.29, 1.82) is 0 Å². The van der Waals surface area contributed by atoms with E-state index in [0.717, 1.165) is 33.6 Å². The third-order valence-electron chi connectivity index (χ3n) is 6.66. The number of fused-ring (bicyclic) bond motifs is 1. The molecule has 0 aliphatic carbocycles. The summed E-state index contributed by atoms with van der Waals surface area (Å²) in [5, 5.41) is 10.3. The highest BCUT2D eigenvalue weighted by molar-refractivity contribution is 5.70. The van der Waals surface area contributed by atoms with Crippen LogP contribution in [0.4, 0.5) is 0 Å². The van der Waals surface area contributed by atoms with Gasteiger partial charge in [-0.15, -0.1) is 0 Å². The van der Waals surface area contributed by atoms with E-state index in [1.807, 2.05) is 62.6 Å². The number of nitrogens with zero attached hydrogens (tertiary/aromatic N) is 1. The summed E-state index contributed by atoms with van der Waals surface area (Å²) < 4.78 is 19.1. The van der Waals surface area contributed by atoms with Gasteiger partial charge in [0.25, 0.3) is 0 Å². The number of pyridine rings is 1. The first-order valence-electron chi connectivity index (χ1n) is 11.8. The average Bonchev–Trinajstić information content (AvgIpc) is 3.27. The van der Waals surface area contributed by atoms with E-state index in [-0.39, 0.29) is 36.3 Å². The molecule has 2 aromatic carbocycles. The number of carbonyl (C=O) groups excluding carboxylic acids is 1. The normalized spacial score (nSPS) is 14.3. The molecule has 2 heterocycles. The van der Waals surface area contributed by atoms with E-state index in [9.17, 15) is 14.7 Å². The Bertz CT molecular complexity index is 1260. The first-order chi connectivity index (χ1) is 16.8. The molecular weight excluding hydrogens is 446 g/mol. The lowest BCUT2D eigenvalue weighted by atomic mass is 9.96. The Balaban J connectivity index is 1.31. The lowest BCUT2D eigenvalue weighted by molar-refractivity contribution is -0.145. The maximum Gasteiger partial charge on any atom is 0.309 e. The van der Waals surface area contributed by atoms with Gasteiger partial charge in [0, 0.05) is 24.2 Å². The van der Waals surface area contributed by atoms with Gasteiger partial charge in [-0.25, -0.2) is 0 Å². The summed E-state index contributed by atoms with van der Waals surface area (Å²) in [5.74, 6) is 1.00. The number of aromatic nitrogens is 1. The Kier molecular flexibility index (Phi) is 7.15. The van der Waals surface area contributed by atoms with Crippen molar-refractivity contribution in [3.05, 3.63) is 86.3 Å².